The van der Waals surface area contributed by atoms with E-state index in [2.05, 4.69) is 23.2 Å². The minimum Gasteiger partial charge on any atom is -0.338 e. The molecule has 1 heterocycles. The number of nitrogens with one attached hydrogen (secondary N) is 1. The van der Waals surface area contributed by atoms with E-state index < -0.39 is 0 Å². The van der Waals surface area contributed by atoms with Gasteiger partial charge in [-0.25, -0.2) is 0 Å². The van der Waals surface area contributed by atoms with Crippen LogP contribution >= 0.6 is 11.3 Å². The van der Waals surface area contributed by atoms with Gasteiger partial charge in [0, 0.05) is 17.5 Å². The van der Waals surface area contributed by atoms with Crippen molar-refractivity contribution in [3.63, 3.8) is 0 Å². The highest BCUT2D eigenvalue weighted by atomic mass is 32.1. The third kappa shape index (κ3) is 3.61. The molecule has 20 heavy (non-hydrogen) atoms. The van der Waals surface area contributed by atoms with Crippen LogP contribution in [0.5, 0.6) is 0 Å². The van der Waals surface area contributed by atoms with Gasteiger partial charge >= 0.3 is 0 Å². The number of nitrogens with zero attached hydrogens (tertiary/aromatic N) is 1. The second-order valence-electron chi connectivity index (χ2n) is 5.56. The van der Waals surface area contributed by atoms with Crippen LogP contribution in [0.2, 0.25) is 0 Å². The summed E-state index contributed by atoms with van der Waals surface area (Å²) in [6.45, 7) is 3.04. The molecule has 1 fully saturated rings. The highest BCUT2D eigenvalue weighted by molar-refractivity contribution is 7.10. The summed E-state index contributed by atoms with van der Waals surface area (Å²) in [5.74, 6) is 0.253. The Bertz CT molecular complexity index is 399. The van der Waals surface area contributed by atoms with E-state index in [4.69, 9.17) is 0 Å². The van der Waals surface area contributed by atoms with Crippen molar-refractivity contribution >= 4 is 17.2 Å². The Balaban J connectivity index is 2.12. The van der Waals surface area contributed by atoms with Gasteiger partial charge in [0.05, 0.1) is 0 Å². The molecule has 1 amide bonds. The maximum absolute atomic E-state index is 12.9. The standard InChI is InChI=1S/C16H26N2OS/c1-3-11-18(13-8-5-4-6-9-13)16(19)15(17-2)14-10-7-12-20-14/h7,10,12-13,15,17H,3-6,8-9,11H2,1-2H3. The van der Waals surface area contributed by atoms with Crippen LogP contribution in [-0.4, -0.2) is 30.4 Å². The quantitative estimate of drug-likeness (QED) is 0.869. The van der Waals surface area contributed by atoms with E-state index in [9.17, 15) is 4.79 Å². The van der Waals surface area contributed by atoms with Crippen molar-refractivity contribution in [2.45, 2.75) is 57.5 Å². The van der Waals surface area contributed by atoms with E-state index in [1.54, 1.807) is 11.3 Å². The Morgan fingerprint density at radius 2 is 2.20 bits per heavy atom. The SMILES string of the molecule is CCCN(C(=O)C(NC)c1cccs1)C1CCCCC1. The lowest BCUT2D eigenvalue weighted by molar-refractivity contribution is -0.136. The van der Waals surface area contributed by atoms with Crippen LogP contribution in [0.1, 0.15) is 56.4 Å². The molecule has 2 rings (SSSR count). The molecule has 112 valence electrons. The van der Waals surface area contributed by atoms with Gasteiger partial charge in [-0.3, -0.25) is 4.79 Å². The molecule has 0 aliphatic heterocycles. The molecule has 1 aliphatic rings. The van der Waals surface area contributed by atoms with Gasteiger partial charge in [0.2, 0.25) is 5.91 Å². The number of amides is 1. The van der Waals surface area contributed by atoms with Gasteiger partial charge in [0.1, 0.15) is 6.04 Å². The van der Waals surface area contributed by atoms with Crippen LogP contribution in [0.4, 0.5) is 0 Å². The first-order valence-electron chi connectivity index (χ1n) is 7.79. The monoisotopic (exact) mass is 294 g/mol. The summed E-state index contributed by atoms with van der Waals surface area (Å²) in [5.41, 5.74) is 0. The first kappa shape index (κ1) is 15.5. The number of likely N-dealkylation sites (N-methyl/N-ethyl adjacent to an activating group) is 1. The van der Waals surface area contributed by atoms with Crippen molar-refractivity contribution in [2.75, 3.05) is 13.6 Å². The topological polar surface area (TPSA) is 32.3 Å². The van der Waals surface area contributed by atoms with Crippen LogP contribution in [0.15, 0.2) is 17.5 Å². The van der Waals surface area contributed by atoms with Crippen LogP contribution in [0.3, 0.4) is 0 Å². The zero-order chi connectivity index (χ0) is 14.4. The first-order valence-corrected chi connectivity index (χ1v) is 8.67. The molecular formula is C16H26N2OS. The van der Waals surface area contributed by atoms with Gasteiger partial charge in [-0.05, 0) is 37.8 Å². The minimum atomic E-state index is -0.177. The Labute approximate surface area is 126 Å². The van der Waals surface area contributed by atoms with Crippen molar-refractivity contribution in [3.8, 4) is 0 Å². The molecule has 1 atom stereocenters. The molecule has 1 saturated carbocycles. The first-order chi connectivity index (χ1) is 9.77. The largest absolute Gasteiger partial charge is 0.338 e. The van der Waals surface area contributed by atoms with Crippen molar-refractivity contribution < 1.29 is 4.79 Å². The summed E-state index contributed by atoms with van der Waals surface area (Å²) >= 11 is 1.66. The van der Waals surface area contributed by atoms with Crippen molar-refractivity contribution in [3.05, 3.63) is 22.4 Å². The molecule has 1 aromatic rings. The highest BCUT2D eigenvalue weighted by Gasteiger charge is 2.30. The lowest BCUT2D eigenvalue weighted by atomic mass is 9.93. The Kier molecular flexibility index (Phi) is 6.05. The van der Waals surface area contributed by atoms with Gasteiger partial charge in [-0.1, -0.05) is 32.3 Å². The Hall–Kier alpha value is -0.870. The predicted octanol–water partition coefficient (Wildman–Crippen LogP) is 3.58. The molecule has 4 heteroatoms. The third-order valence-corrected chi connectivity index (χ3v) is 5.06. The van der Waals surface area contributed by atoms with Gasteiger partial charge in [-0.2, -0.15) is 0 Å². The number of carbonyl (C=O) groups is 1. The van der Waals surface area contributed by atoms with E-state index in [1.165, 1.54) is 32.1 Å². The smallest absolute Gasteiger partial charge is 0.245 e. The summed E-state index contributed by atoms with van der Waals surface area (Å²) in [6.07, 6.45) is 7.23. The second kappa shape index (κ2) is 7.79. The average molecular weight is 294 g/mol. The number of rotatable bonds is 6. The van der Waals surface area contributed by atoms with Gasteiger partial charge in [0.15, 0.2) is 0 Å². The third-order valence-electron chi connectivity index (χ3n) is 4.13. The number of thiophene rings is 1. The normalized spacial score (nSPS) is 17.9. The minimum absolute atomic E-state index is 0.177. The lowest BCUT2D eigenvalue weighted by Crippen LogP contribution is -2.46. The molecule has 0 spiro atoms. The summed E-state index contributed by atoms with van der Waals surface area (Å²) in [5, 5.41) is 5.24. The predicted molar refractivity (Wildman–Crippen MR) is 85.0 cm³/mol. The molecular weight excluding hydrogens is 268 g/mol. The van der Waals surface area contributed by atoms with E-state index in [1.807, 2.05) is 18.5 Å². The number of hydrogen-bond donors (Lipinski definition) is 1. The van der Waals surface area contributed by atoms with Gasteiger partial charge in [0.25, 0.3) is 0 Å². The zero-order valence-corrected chi connectivity index (χ0v) is 13.4. The zero-order valence-electron chi connectivity index (χ0n) is 12.6. The fourth-order valence-corrected chi connectivity index (χ4v) is 3.94. The Morgan fingerprint density at radius 3 is 2.75 bits per heavy atom. The fraction of sp³-hybridized carbons (Fsp3) is 0.688. The number of carbonyl (C=O) groups excluding carboxylic acids is 1. The molecule has 0 bridgehead atoms. The van der Waals surface area contributed by atoms with E-state index >= 15 is 0 Å². The molecule has 1 unspecified atom stereocenters. The molecule has 1 aliphatic carbocycles. The van der Waals surface area contributed by atoms with E-state index in [-0.39, 0.29) is 11.9 Å². The van der Waals surface area contributed by atoms with E-state index in [0.29, 0.717) is 6.04 Å². The summed E-state index contributed by atoms with van der Waals surface area (Å²) in [6, 6.07) is 4.34. The van der Waals surface area contributed by atoms with Crippen LogP contribution in [0.25, 0.3) is 0 Å². The van der Waals surface area contributed by atoms with Crippen LogP contribution in [0, 0.1) is 0 Å². The second-order valence-corrected chi connectivity index (χ2v) is 6.54. The van der Waals surface area contributed by atoms with Gasteiger partial charge < -0.3 is 10.2 Å². The molecule has 0 radical (unpaired) electrons. The maximum atomic E-state index is 12.9. The van der Waals surface area contributed by atoms with Crippen molar-refractivity contribution in [2.24, 2.45) is 0 Å². The summed E-state index contributed by atoms with van der Waals surface area (Å²) in [4.78, 5) is 16.2. The highest BCUT2D eigenvalue weighted by Crippen LogP contribution is 2.27. The average Bonchev–Trinajstić information content (AvgIpc) is 3.00. The maximum Gasteiger partial charge on any atom is 0.245 e. The molecule has 1 aromatic heterocycles. The summed E-state index contributed by atoms with van der Waals surface area (Å²) < 4.78 is 0. The van der Waals surface area contributed by atoms with Crippen molar-refractivity contribution in [1.29, 1.82) is 0 Å². The van der Waals surface area contributed by atoms with Crippen LogP contribution < -0.4 is 5.32 Å². The molecule has 0 aromatic carbocycles. The fourth-order valence-electron chi connectivity index (χ4n) is 3.12. The molecule has 3 nitrogen and oxygen atoms in total. The molecule has 1 N–H and O–H groups in total. The lowest BCUT2D eigenvalue weighted by Gasteiger charge is -2.36. The number of hydrogen-bond acceptors (Lipinski definition) is 3. The summed E-state index contributed by atoms with van der Waals surface area (Å²) in [7, 11) is 1.88. The van der Waals surface area contributed by atoms with Gasteiger partial charge in [-0.15, -0.1) is 11.3 Å². The van der Waals surface area contributed by atoms with Crippen molar-refractivity contribution in [1.82, 2.24) is 10.2 Å². The van der Waals surface area contributed by atoms with Crippen LogP contribution in [-0.2, 0) is 4.79 Å². The Morgan fingerprint density at radius 1 is 1.45 bits per heavy atom. The molecule has 0 saturated heterocycles. The van der Waals surface area contributed by atoms with E-state index in [0.717, 1.165) is 17.8 Å².